The first-order valence-electron chi connectivity index (χ1n) is 6.74. The van der Waals surface area contributed by atoms with Gasteiger partial charge in [-0.15, -0.1) is 0 Å². The second-order valence-corrected chi connectivity index (χ2v) is 5.58. The van der Waals surface area contributed by atoms with Gasteiger partial charge in [-0.2, -0.15) is 0 Å². The molecule has 0 fully saturated rings. The summed E-state index contributed by atoms with van der Waals surface area (Å²) in [4.78, 5) is 15.9. The number of H-pyrrole nitrogens is 1. The summed E-state index contributed by atoms with van der Waals surface area (Å²) in [5.41, 5.74) is 4.39. The fourth-order valence-corrected chi connectivity index (χ4v) is 3.06. The van der Waals surface area contributed by atoms with E-state index in [1.165, 1.54) is 0 Å². The highest BCUT2D eigenvalue weighted by molar-refractivity contribution is 6.37. The van der Waals surface area contributed by atoms with E-state index in [0.717, 1.165) is 22.0 Å². The number of ether oxygens (including phenoxy) is 1. The number of benzene rings is 2. The second-order valence-electron chi connectivity index (χ2n) is 5.17. The van der Waals surface area contributed by atoms with Gasteiger partial charge in [0.25, 0.3) is 0 Å². The maximum atomic E-state index is 12.8. The second kappa shape index (κ2) is 4.72. The van der Waals surface area contributed by atoms with Gasteiger partial charge in [-0.25, -0.2) is 0 Å². The zero-order valence-corrected chi connectivity index (χ0v) is 11.9. The number of rotatable bonds is 2. The number of halogens is 1. The minimum Gasteiger partial charge on any atom is -0.372 e. The summed E-state index contributed by atoms with van der Waals surface area (Å²) in [6.45, 7) is 1.20. The van der Waals surface area contributed by atoms with Crippen molar-refractivity contribution >= 4 is 28.3 Å². The van der Waals surface area contributed by atoms with E-state index >= 15 is 0 Å². The molecule has 0 aliphatic carbocycles. The number of aromatic amines is 1. The van der Waals surface area contributed by atoms with Crippen molar-refractivity contribution in [3.8, 4) is 0 Å². The lowest BCUT2D eigenvalue weighted by molar-refractivity contribution is 0.104. The first kappa shape index (κ1) is 12.6. The Morgan fingerprint density at radius 1 is 1.14 bits per heavy atom. The molecule has 4 heteroatoms. The molecular weight excluding hydrogens is 286 g/mol. The van der Waals surface area contributed by atoms with Crippen LogP contribution in [-0.2, 0) is 18.0 Å². The Balaban J connectivity index is 1.83. The molecule has 2 heterocycles. The fraction of sp³-hybridized carbons (Fsp3) is 0.118. The van der Waals surface area contributed by atoms with Crippen LogP contribution in [0.15, 0.2) is 42.6 Å². The molecule has 0 radical (unpaired) electrons. The molecule has 1 aromatic heterocycles. The van der Waals surface area contributed by atoms with Crippen LogP contribution < -0.4 is 0 Å². The van der Waals surface area contributed by atoms with Crippen LogP contribution in [0, 0.1) is 0 Å². The van der Waals surface area contributed by atoms with Gasteiger partial charge in [0.15, 0.2) is 5.78 Å². The molecule has 3 nitrogen and oxygen atoms in total. The van der Waals surface area contributed by atoms with E-state index < -0.39 is 0 Å². The van der Waals surface area contributed by atoms with E-state index in [2.05, 4.69) is 4.98 Å². The Hall–Kier alpha value is -2.10. The minimum atomic E-state index is -0.0240. The van der Waals surface area contributed by atoms with Crippen molar-refractivity contribution in [2.45, 2.75) is 13.2 Å². The van der Waals surface area contributed by atoms with Crippen LogP contribution in [0.3, 0.4) is 0 Å². The largest absolute Gasteiger partial charge is 0.372 e. The van der Waals surface area contributed by atoms with Gasteiger partial charge in [0, 0.05) is 28.2 Å². The van der Waals surface area contributed by atoms with Gasteiger partial charge < -0.3 is 9.72 Å². The van der Waals surface area contributed by atoms with Crippen molar-refractivity contribution in [1.29, 1.82) is 0 Å². The molecule has 0 unspecified atom stereocenters. The van der Waals surface area contributed by atoms with Crippen molar-refractivity contribution in [2.24, 2.45) is 0 Å². The number of ketones is 1. The van der Waals surface area contributed by atoms with Gasteiger partial charge in [-0.1, -0.05) is 29.8 Å². The molecule has 0 atom stereocenters. The van der Waals surface area contributed by atoms with Crippen molar-refractivity contribution in [3.05, 3.63) is 69.9 Å². The summed E-state index contributed by atoms with van der Waals surface area (Å²) in [6.07, 6.45) is 1.72. The minimum absolute atomic E-state index is 0.0240. The Morgan fingerprint density at radius 3 is 2.90 bits per heavy atom. The molecule has 0 saturated heterocycles. The highest BCUT2D eigenvalue weighted by Crippen LogP contribution is 2.29. The summed E-state index contributed by atoms with van der Waals surface area (Å²) < 4.78 is 5.39. The van der Waals surface area contributed by atoms with E-state index in [0.29, 0.717) is 29.4 Å². The van der Waals surface area contributed by atoms with E-state index in [-0.39, 0.29) is 5.78 Å². The first-order valence-corrected chi connectivity index (χ1v) is 7.11. The predicted octanol–water partition coefficient (Wildman–Crippen LogP) is 4.08. The van der Waals surface area contributed by atoms with Gasteiger partial charge in [-0.05, 0) is 29.3 Å². The van der Waals surface area contributed by atoms with E-state index in [1.54, 1.807) is 12.3 Å². The summed E-state index contributed by atoms with van der Waals surface area (Å²) >= 11 is 6.24. The highest BCUT2D eigenvalue weighted by Gasteiger charge is 2.19. The van der Waals surface area contributed by atoms with Crippen LogP contribution in [0.4, 0.5) is 0 Å². The Bertz CT molecular complexity index is 866. The molecular formula is C17H12ClNO2. The molecule has 3 aromatic rings. The van der Waals surface area contributed by atoms with Crippen molar-refractivity contribution < 1.29 is 9.53 Å². The van der Waals surface area contributed by atoms with E-state index in [4.69, 9.17) is 16.3 Å². The Morgan fingerprint density at radius 2 is 2.00 bits per heavy atom. The average molecular weight is 298 g/mol. The standard InChI is InChI=1S/C17H12ClNO2/c18-14-2-1-3-15-16(14)13(7-19-15)17(20)10-4-5-11-8-21-9-12(11)6-10/h1-7,19H,8-9H2. The van der Waals surface area contributed by atoms with E-state index in [9.17, 15) is 4.79 Å². The van der Waals surface area contributed by atoms with Gasteiger partial charge >= 0.3 is 0 Å². The van der Waals surface area contributed by atoms with Crippen LogP contribution in [0.2, 0.25) is 5.02 Å². The monoisotopic (exact) mass is 297 g/mol. The quantitative estimate of drug-likeness (QED) is 0.724. The smallest absolute Gasteiger partial charge is 0.195 e. The number of hydrogen-bond donors (Lipinski definition) is 1. The molecule has 0 amide bonds. The van der Waals surface area contributed by atoms with Gasteiger partial charge in [0.1, 0.15) is 0 Å². The van der Waals surface area contributed by atoms with Crippen molar-refractivity contribution in [1.82, 2.24) is 4.98 Å². The molecule has 1 N–H and O–H groups in total. The lowest BCUT2D eigenvalue weighted by Gasteiger charge is -2.03. The third-order valence-corrected chi connectivity index (χ3v) is 4.20. The number of hydrogen-bond acceptors (Lipinski definition) is 2. The number of fused-ring (bicyclic) bond motifs is 2. The SMILES string of the molecule is O=C(c1ccc2c(c1)COC2)c1c[nH]c2cccc(Cl)c12. The van der Waals surface area contributed by atoms with E-state index in [1.807, 2.05) is 30.3 Å². The molecule has 0 spiro atoms. The summed E-state index contributed by atoms with van der Waals surface area (Å²) in [7, 11) is 0. The van der Waals surface area contributed by atoms with Gasteiger partial charge in [0.05, 0.1) is 18.2 Å². The summed E-state index contributed by atoms with van der Waals surface area (Å²) in [5, 5.41) is 1.36. The van der Waals surface area contributed by atoms with Crippen LogP contribution in [-0.4, -0.2) is 10.8 Å². The number of carbonyl (C=O) groups excluding carboxylic acids is 1. The number of carbonyl (C=O) groups is 1. The topological polar surface area (TPSA) is 42.1 Å². The molecule has 4 rings (SSSR count). The normalized spacial score (nSPS) is 13.6. The molecule has 2 aromatic carbocycles. The zero-order valence-electron chi connectivity index (χ0n) is 11.2. The van der Waals surface area contributed by atoms with Crippen LogP contribution in [0.25, 0.3) is 10.9 Å². The van der Waals surface area contributed by atoms with Crippen molar-refractivity contribution in [3.63, 3.8) is 0 Å². The molecule has 1 aliphatic heterocycles. The Labute approximate surface area is 126 Å². The highest BCUT2D eigenvalue weighted by atomic mass is 35.5. The molecule has 104 valence electrons. The molecule has 21 heavy (non-hydrogen) atoms. The van der Waals surface area contributed by atoms with Crippen LogP contribution >= 0.6 is 11.6 Å². The Kier molecular flexibility index (Phi) is 2.84. The average Bonchev–Trinajstić information content (AvgIpc) is 3.13. The lowest BCUT2D eigenvalue weighted by atomic mass is 9.99. The first-order chi connectivity index (χ1) is 10.2. The molecule has 1 aliphatic rings. The number of aromatic nitrogens is 1. The van der Waals surface area contributed by atoms with Crippen LogP contribution in [0.1, 0.15) is 27.0 Å². The molecule has 0 bridgehead atoms. The summed E-state index contributed by atoms with van der Waals surface area (Å²) in [6, 6.07) is 11.3. The fourth-order valence-electron chi connectivity index (χ4n) is 2.79. The van der Waals surface area contributed by atoms with Gasteiger partial charge in [-0.3, -0.25) is 4.79 Å². The zero-order chi connectivity index (χ0) is 14.4. The predicted molar refractivity (Wildman–Crippen MR) is 81.7 cm³/mol. The van der Waals surface area contributed by atoms with Gasteiger partial charge in [0.2, 0.25) is 0 Å². The van der Waals surface area contributed by atoms with Crippen molar-refractivity contribution in [2.75, 3.05) is 0 Å². The van der Waals surface area contributed by atoms with Crippen LogP contribution in [0.5, 0.6) is 0 Å². The third-order valence-electron chi connectivity index (χ3n) is 3.88. The lowest BCUT2D eigenvalue weighted by Crippen LogP contribution is -2.01. The number of nitrogens with one attached hydrogen (secondary N) is 1. The third kappa shape index (κ3) is 1.97. The maximum Gasteiger partial charge on any atom is 0.195 e. The maximum absolute atomic E-state index is 12.8. The summed E-state index contributed by atoms with van der Waals surface area (Å²) in [5.74, 6) is -0.0240. The molecule has 0 saturated carbocycles.